The van der Waals surface area contributed by atoms with Crippen molar-refractivity contribution >= 4 is 40.9 Å². The van der Waals surface area contributed by atoms with E-state index < -0.39 is 23.7 Å². The molecule has 0 spiro atoms. The quantitative estimate of drug-likeness (QED) is 0.542. The Morgan fingerprint density at radius 3 is 2.45 bits per heavy atom. The van der Waals surface area contributed by atoms with E-state index >= 15 is 0 Å². The number of benzene rings is 1. The summed E-state index contributed by atoms with van der Waals surface area (Å²) in [6.07, 6.45) is -1.73. The van der Waals surface area contributed by atoms with Gasteiger partial charge in [-0.15, -0.1) is 11.8 Å². The third kappa shape index (κ3) is 7.14. The number of anilines is 2. The summed E-state index contributed by atoms with van der Waals surface area (Å²) in [5.41, 5.74) is 0.283. The van der Waals surface area contributed by atoms with Gasteiger partial charge in [-0.3, -0.25) is 19.1 Å². The Bertz CT molecular complexity index is 898. The molecular weight excluding hydrogens is 411 g/mol. The summed E-state index contributed by atoms with van der Waals surface area (Å²) in [6.45, 7) is -0.0428. The van der Waals surface area contributed by atoms with Gasteiger partial charge in [0.05, 0.1) is 23.3 Å². The molecule has 1 aromatic heterocycles. The molecule has 0 fully saturated rings. The molecule has 29 heavy (non-hydrogen) atoms. The van der Waals surface area contributed by atoms with Crippen molar-refractivity contribution in [2.45, 2.75) is 17.6 Å². The van der Waals surface area contributed by atoms with Gasteiger partial charge in [-0.1, -0.05) is 12.1 Å². The summed E-state index contributed by atoms with van der Waals surface area (Å²) in [7, 11) is 3.17. The molecule has 0 radical (unpaired) electrons. The SMILES string of the molecule is CN(C)C(=O)Cn1cc(NC(=O)C(=O)Nc2ccccc2SCC(F)(F)F)cn1. The molecule has 1 heterocycles. The van der Waals surface area contributed by atoms with Gasteiger partial charge in [0.1, 0.15) is 6.54 Å². The zero-order chi connectivity index (χ0) is 21.6. The van der Waals surface area contributed by atoms with Crippen LogP contribution in [0, 0.1) is 0 Å². The van der Waals surface area contributed by atoms with Crippen molar-refractivity contribution in [3.8, 4) is 0 Å². The van der Waals surface area contributed by atoms with Crippen molar-refractivity contribution in [2.24, 2.45) is 0 Å². The molecule has 0 unspecified atom stereocenters. The second kappa shape index (κ2) is 9.45. The lowest BCUT2D eigenvalue weighted by molar-refractivity contribution is -0.133. The van der Waals surface area contributed by atoms with E-state index in [1.54, 1.807) is 14.1 Å². The minimum Gasteiger partial charge on any atom is -0.347 e. The van der Waals surface area contributed by atoms with Crippen LogP contribution < -0.4 is 10.6 Å². The second-order valence-corrected chi connectivity index (χ2v) is 7.04. The predicted molar refractivity (Wildman–Crippen MR) is 101 cm³/mol. The largest absolute Gasteiger partial charge is 0.398 e. The van der Waals surface area contributed by atoms with Crippen LogP contribution in [0.4, 0.5) is 24.5 Å². The number of carbonyl (C=O) groups is 3. The van der Waals surface area contributed by atoms with E-state index in [0.717, 1.165) is 0 Å². The monoisotopic (exact) mass is 429 g/mol. The number of alkyl halides is 3. The van der Waals surface area contributed by atoms with Crippen LogP contribution in [0.3, 0.4) is 0 Å². The average molecular weight is 429 g/mol. The molecule has 0 saturated carbocycles. The van der Waals surface area contributed by atoms with Crippen molar-refractivity contribution < 1.29 is 27.6 Å². The molecule has 3 amide bonds. The maximum atomic E-state index is 12.4. The third-order valence-electron chi connectivity index (χ3n) is 3.42. The van der Waals surface area contributed by atoms with Gasteiger partial charge >= 0.3 is 18.0 Å². The molecule has 1 aromatic carbocycles. The van der Waals surface area contributed by atoms with Gasteiger partial charge in [0.15, 0.2) is 0 Å². The highest BCUT2D eigenvalue weighted by atomic mass is 32.2. The Morgan fingerprint density at radius 2 is 1.79 bits per heavy atom. The summed E-state index contributed by atoms with van der Waals surface area (Å²) < 4.78 is 38.6. The summed E-state index contributed by atoms with van der Waals surface area (Å²) >= 11 is 0.502. The number of likely N-dealkylation sites (N-methyl/N-ethyl adjacent to an activating group) is 1. The zero-order valence-electron chi connectivity index (χ0n) is 15.5. The van der Waals surface area contributed by atoms with Crippen molar-refractivity contribution in [1.82, 2.24) is 14.7 Å². The van der Waals surface area contributed by atoms with Crippen LogP contribution in [0.1, 0.15) is 0 Å². The van der Waals surface area contributed by atoms with E-state index in [9.17, 15) is 27.6 Å². The number of carbonyl (C=O) groups excluding carboxylic acids is 3. The highest BCUT2D eigenvalue weighted by Gasteiger charge is 2.28. The first-order valence-corrected chi connectivity index (χ1v) is 9.17. The number of rotatable bonds is 6. The lowest BCUT2D eigenvalue weighted by Gasteiger charge is -2.11. The number of nitrogens with one attached hydrogen (secondary N) is 2. The molecule has 0 atom stereocenters. The highest BCUT2D eigenvalue weighted by molar-refractivity contribution is 7.99. The van der Waals surface area contributed by atoms with Crippen molar-refractivity contribution in [3.63, 3.8) is 0 Å². The molecule has 0 saturated heterocycles. The van der Waals surface area contributed by atoms with E-state index in [1.165, 1.54) is 46.2 Å². The van der Waals surface area contributed by atoms with Gasteiger partial charge in [0.2, 0.25) is 5.91 Å². The molecule has 8 nitrogen and oxygen atoms in total. The molecule has 156 valence electrons. The first kappa shape index (κ1) is 22.3. The number of hydrogen-bond donors (Lipinski definition) is 2. The van der Waals surface area contributed by atoms with E-state index in [0.29, 0.717) is 11.8 Å². The predicted octanol–water partition coefficient (Wildman–Crippen LogP) is 2.20. The maximum Gasteiger partial charge on any atom is 0.398 e. The van der Waals surface area contributed by atoms with Gasteiger partial charge in [0, 0.05) is 25.2 Å². The fourth-order valence-electron chi connectivity index (χ4n) is 2.02. The molecule has 0 aliphatic heterocycles. The fourth-order valence-corrected chi connectivity index (χ4v) is 2.79. The number of thioether (sulfide) groups is 1. The number of aromatic nitrogens is 2. The van der Waals surface area contributed by atoms with E-state index in [4.69, 9.17) is 0 Å². The molecule has 2 aromatic rings. The highest BCUT2D eigenvalue weighted by Crippen LogP contribution is 2.32. The van der Waals surface area contributed by atoms with Gasteiger partial charge in [-0.2, -0.15) is 18.3 Å². The van der Waals surface area contributed by atoms with E-state index in [1.807, 2.05) is 0 Å². The van der Waals surface area contributed by atoms with Gasteiger partial charge in [-0.25, -0.2) is 0 Å². The number of nitrogens with zero attached hydrogens (tertiary/aromatic N) is 3. The molecule has 2 rings (SSSR count). The van der Waals surface area contributed by atoms with E-state index in [2.05, 4.69) is 15.7 Å². The van der Waals surface area contributed by atoms with Crippen LogP contribution in [0.2, 0.25) is 0 Å². The van der Waals surface area contributed by atoms with Crippen molar-refractivity contribution in [1.29, 1.82) is 0 Å². The Morgan fingerprint density at radius 1 is 1.14 bits per heavy atom. The van der Waals surface area contributed by atoms with Gasteiger partial charge in [0.25, 0.3) is 0 Å². The van der Waals surface area contributed by atoms with Crippen LogP contribution in [0.25, 0.3) is 0 Å². The lowest BCUT2D eigenvalue weighted by atomic mass is 10.3. The topological polar surface area (TPSA) is 96.3 Å². The van der Waals surface area contributed by atoms with Crippen LogP contribution in [-0.2, 0) is 20.9 Å². The standard InChI is InChI=1S/C17H18F3N5O3S/c1-24(2)14(26)9-25-8-11(7-21-25)22-15(27)16(28)23-12-5-3-4-6-13(12)29-10-17(18,19)20/h3-8H,9-10H2,1-2H3,(H,22,27)(H,23,28). The lowest BCUT2D eigenvalue weighted by Crippen LogP contribution is -2.29. The van der Waals surface area contributed by atoms with Crippen LogP contribution in [0.15, 0.2) is 41.6 Å². The zero-order valence-corrected chi connectivity index (χ0v) is 16.3. The summed E-state index contributed by atoms with van der Waals surface area (Å²) in [5.74, 6) is -3.42. The molecule has 12 heteroatoms. The van der Waals surface area contributed by atoms with Crippen molar-refractivity contribution in [3.05, 3.63) is 36.7 Å². The minimum atomic E-state index is -4.37. The first-order valence-electron chi connectivity index (χ1n) is 8.18. The van der Waals surface area contributed by atoms with Gasteiger partial charge in [-0.05, 0) is 12.1 Å². The normalized spacial score (nSPS) is 11.1. The van der Waals surface area contributed by atoms with Crippen molar-refractivity contribution in [2.75, 3.05) is 30.5 Å². The molecule has 0 aliphatic carbocycles. The number of halogens is 3. The molecule has 2 N–H and O–H groups in total. The van der Waals surface area contributed by atoms with Crippen LogP contribution in [-0.4, -0.2) is 58.4 Å². The first-order chi connectivity index (χ1) is 13.5. The Labute approximate surface area is 168 Å². The Hall–Kier alpha value is -3.02. The third-order valence-corrected chi connectivity index (χ3v) is 4.56. The second-order valence-electron chi connectivity index (χ2n) is 6.02. The number of para-hydroxylation sites is 1. The smallest absolute Gasteiger partial charge is 0.347 e. The summed E-state index contributed by atoms with van der Waals surface area (Å²) in [4.78, 5) is 37.4. The molecule has 0 bridgehead atoms. The molecular formula is C17H18F3N5O3S. The molecule has 0 aliphatic rings. The summed E-state index contributed by atoms with van der Waals surface area (Å²) in [6, 6.07) is 5.86. The van der Waals surface area contributed by atoms with Gasteiger partial charge < -0.3 is 15.5 Å². The van der Waals surface area contributed by atoms with Crippen LogP contribution >= 0.6 is 11.8 Å². The number of amides is 3. The Balaban J connectivity index is 1.97. The Kier molecular flexibility index (Phi) is 7.26. The fraction of sp³-hybridized carbons (Fsp3) is 0.294. The number of hydrogen-bond acceptors (Lipinski definition) is 5. The maximum absolute atomic E-state index is 12.4. The average Bonchev–Trinajstić information content (AvgIpc) is 3.06. The van der Waals surface area contributed by atoms with E-state index in [-0.39, 0.29) is 28.7 Å². The minimum absolute atomic E-state index is 0.0428. The summed E-state index contributed by atoms with van der Waals surface area (Å²) in [5, 5.41) is 8.52. The van der Waals surface area contributed by atoms with Crippen LogP contribution in [0.5, 0.6) is 0 Å².